The molecule has 138 valence electrons. The van der Waals surface area contributed by atoms with Gasteiger partial charge < -0.3 is 8.85 Å². The number of hydrogen-bond donors (Lipinski definition) is 0. The molecule has 0 aromatic rings. The summed E-state index contributed by atoms with van der Waals surface area (Å²) in [7, 11) is -1.97. The molecule has 0 amide bonds. The highest BCUT2D eigenvalue weighted by Crippen LogP contribution is 2.13. The molecule has 2 nitrogen and oxygen atoms in total. The molecular formula is C20H42O2Si. The molecule has 0 bridgehead atoms. The normalized spacial score (nSPS) is 13.8. The number of allylic oxidation sites excluding steroid dienone is 1. The molecule has 0 spiro atoms. The van der Waals surface area contributed by atoms with Gasteiger partial charge in [0.25, 0.3) is 0 Å². The fourth-order valence-electron chi connectivity index (χ4n) is 2.68. The Balaban J connectivity index is 3.61. The second-order valence-electron chi connectivity index (χ2n) is 7.12. The number of unbranched alkanes of at least 4 members (excludes halogenated alkanes) is 9. The van der Waals surface area contributed by atoms with E-state index >= 15 is 0 Å². The van der Waals surface area contributed by atoms with Gasteiger partial charge in [0, 0.05) is 6.61 Å². The van der Waals surface area contributed by atoms with Crippen LogP contribution in [0.15, 0.2) is 12.2 Å². The van der Waals surface area contributed by atoms with Crippen molar-refractivity contribution in [2.24, 2.45) is 0 Å². The van der Waals surface area contributed by atoms with Crippen LogP contribution in [-0.4, -0.2) is 21.3 Å². The van der Waals surface area contributed by atoms with Gasteiger partial charge in [-0.05, 0) is 32.9 Å². The van der Waals surface area contributed by atoms with Crippen LogP contribution in [-0.2, 0) is 8.85 Å². The monoisotopic (exact) mass is 342 g/mol. The van der Waals surface area contributed by atoms with Crippen molar-refractivity contribution >= 4 is 8.56 Å². The van der Waals surface area contributed by atoms with E-state index in [4.69, 9.17) is 8.85 Å². The van der Waals surface area contributed by atoms with Gasteiger partial charge in [0.1, 0.15) is 0 Å². The molecule has 0 saturated carbocycles. The highest BCUT2D eigenvalue weighted by molar-refractivity contribution is 6.64. The van der Waals surface area contributed by atoms with E-state index in [-0.39, 0.29) is 6.10 Å². The Morgan fingerprint density at radius 2 is 1.39 bits per heavy atom. The Morgan fingerprint density at radius 1 is 0.826 bits per heavy atom. The second kappa shape index (κ2) is 15.4. The minimum atomic E-state index is -1.97. The summed E-state index contributed by atoms with van der Waals surface area (Å²) in [5, 5.41) is 0. The largest absolute Gasteiger partial charge is 0.394 e. The van der Waals surface area contributed by atoms with Gasteiger partial charge in [0.2, 0.25) is 0 Å². The molecule has 0 aliphatic heterocycles. The van der Waals surface area contributed by atoms with Crippen LogP contribution >= 0.6 is 0 Å². The van der Waals surface area contributed by atoms with Crippen molar-refractivity contribution in [2.45, 2.75) is 111 Å². The van der Waals surface area contributed by atoms with Crippen LogP contribution in [0, 0.1) is 0 Å². The van der Waals surface area contributed by atoms with Crippen LogP contribution < -0.4 is 0 Å². The van der Waals surface area contributed by atoms with Crippen LogP contribution in [0.5, 0.6) is 0 Å². The summed E-state index contributed by atoms with van der Waals surface area (Å²) in [6.45, 7) is 11.8. The Labute approximate surface area is 147 Å². The van der Waals surface area contributed by atoms with E-state index in [1.54, 1.807) is 0 Å². The third-order valence-corrected chi connectivity index (χ3v) is 5.89. The summed E-state index contributed by atoms with van der Waals surface area (Å²) in [4.78, 5) is 0. The molecule has 0 aromatic heterocycles. The van der Waals surface area contributed by atoms with Crippen molar-refractivity contribution in [3.05, 3.63) is 12.2 Å². The molecule has 0 fully saturated rings. The average Bonchev–Trinajstić information content (AvgIpc) is 2.49. The summed E-state index contributed by atoms with van der Waals surface area (Å²) in [5.74, 6) is 0. The van der Waals surface area contributed by atoms with Crippen molar-refractivity contribution in [3.8, 4) is 0 Å². The summed E-state index contributed by atoms with van der Waals surface area (Å²) in [6, 6.07) is 0. The fourth-order valence-corrected chi connectivity index (χ4v) is 4.36. The van der Waals surface area contributed by atoms with Crippen LogP contribution in [0.25, 0.3) is 0 Å². The van der Waals surface area contributed by atoms with Gasteiger partial charge in [-0.2, -0.15) is 0 Å². The van der Waals surface area contributed by atoms with Crippen molar-refractivity contribution < 1.29 is 8.85 Å². The molecule has 23 heavy (non-hydrogen) atoms. The molecule has 3 heteroatoms. The van der Waals surface area contributed by atoms with Crippen LogP contribution in [0.2, 0.25) is 13.1 Å². The zero-order chi connectivity index (χ0) is 17.4. The first-order valence-electron chi connectivity index (χ1n) is 10.00. The molecule has 0 heterocycles. The first-order valence-corrected chi connectivity index (χ1v) is 12.8. The average molecular weight is 343 g/mol. The first-order chi connectivity index (χ1) is 11.0. The van der Waals surface area contributed by atoms with Crippen LogP contribution in [0.4, 0.5) is 0 Å². The maximum absolute atomic E-state index is 6.12. The molecule has 0 saturated heterocycles. The topological polar surface area (TPSA) is 18.5 Å². The molecule has 0 radical (unpaired) electrons. The van der Waals surface area contributed by atoms with Crippen molar-refractivity contribution in [1.82, 2.24) is 0 Å². The van der Waals surface area contributed by atoms with Crippen molar-refractivity contribution in [3.63, 3.8) is 0 Å². The van der Waals surface area contributed by atoms with Gasteiger partial charge in [0.15, 0.2) is 0 Å². The van der Waals surface area contributed by atoms with Gasteiger partial charge in [-0.1, -0.05) is 83.8 Å². The van der Waals surface area contributed by atoms with Gasteiger partial charge in [-0.3, -0.25) is 0 Å². The van der Waals surface area contributed by atoms with Gasteiger partial charge in [-0.25, -0.2) is 0 Å². The first kappa shape index (κ1) is 22.9. The number of rotatable bonds is 16. The van der Waals surface area contributed by atoms with Crippen molar-refractivity contribution in [2.75, 3.05) is 6.61 Å². The Bertz CT molecular complexity index is 277. The lowest BCUT2D eigenvalue weighted by Crippen LogP contribution is -2.38. The Kier molecular flexibility index (Phi) is 15.3. The maximum Gasteiger partial charge on any atom is 0.332 e. The zero-order valence-corrected chi connectivity index (χ0v) is 17.5. The third kappa shape index (κ3) is 16.5. The summed E-state index contributed by atoms with van der Waals surface area (Å²) in [5.41, 5.74) is 0. The quantitative estimate of drug-likeness (QED) is 0.171. The van der Waals surface area contributed by atoms with E-state index in [0.717, 1.165) is 13.0 Å². The predicted octanol–water partition coefficient (Wildman–Crippen LogP) is 7.00. The maximum atomic E-state index is 6.12. The lowest BCUT2D eigenvalue weighted by Gasteiger charge is -2.25. The van der Waals surface area contributed by atoms with E-state index in [9.17, 15) is 0 Å². The Hall–Kier alpha value is -0.123. The summed E-state index contributed by atoms with van der Waals surface area (Å²) in [6.07, 6.45) is 19.0. The highest BCUT2D eigenvalue weighted by atomic mass is 28.4. The zero-order valence-electron chi connectivity index (χ0n) is 16.5. The van der Waals surface area contributed by atoms with E-state index in [1.807, 2.05) is 0 Å². The third-order valence-electron chi connectivity index (χ3n) is 4.05. The minimum absolute atomic E-state index is 0.173. The van der Waals surface area contributed by atoms with Crippen LogP contribution in [0.1, 0.15) is 91.4 Å². The van der Waals surface area contributed by atoms with E-state index in [1.165, 1.54) is 64.2 Å². The fraction of sp³-hybridized carbons (Fsp3) is 0.900. The second-order valence-corrected chi connectivity index (χ2v) is 10.4. The van der Waals surface area contributed by atoms with Crippen LogP contribution in [0.3, 0.4) is 0 Å². The number of hydrogen-bond acceptors (Lipinski definition) is 2. The minimum Gasteiger partial charge on any atom is -0.394 e. The molecule has 1 unspecified atom stereocenters. The summed E-state index contributed by atoms with van der Waals surface area (Å²) < 4.78 is 12.2. The van der Waals surface area contributed by atoms with Crippen molar-refractivity contribution in [1.29, 1.82) is 0 Å². The van der Waals surface area contributed by atoms with E-state index < -0.39 is 8.56 Å². The van der Waals surface area contributed by atoms with Gasteiger partial charge in [-0.15, -0.1) is 0 Å². The lowest BCUT2D eigenvalue weighted by molar-refractivity contribution is 0.153. The van der Waals surface area contributed by atoms with E-state index in [2.05, 4.69) is 46.0 Å². The predicted molar refractivity (Wildman–Crippen MR) is 105 cm³/mol. The highest BCUT2D eigenvalue weighted by Gasteiger charge is 2.26. The molecule has 1 atom stereocenters. The summed E-state index contributed by atoms with van der Waals surface area (Å²) >= 11 is 0. The molecule has 0 aliphatic carbocycles. The molecule has 0 aromatic carbocycles. The van der Waals surface area contributed by atoms with Gasteiger partial charge >= 0.3 is 8.56 Å². The molecule has 0 aliphatic rings. The van der Waals surface area contributed by atoms with Gasteiger partial charge in [0.05, 0.1) is 6.10 Å². The lowest BCUT2D eigenvalue weighted by atomic mass is 10.1. The SMILES string of the molecule is CCCC/C=C/C(C)O[Si](C)(C)OCCCCCCCCCC. The van der Waals surface area contributed by atoms with E-state index in [0.29, 0.717) is 0 Å². The standard InChI is InChI=1S/C20H42O2Si/c1-6-8-10-12-13-14-15-17-19-21-23(4,5)22-20(3)18-16-11-9-7-2/h16,18,20H,6-15,17,19H2,1-5H3/b18-16+. The smallest absolute Gasteiger partial charge is 0.332 e. The molecule has 0 N–H and O–H groups in total. The Morgan fingerprint density at radius 3 is 2.00 bits per heavy atom. The molecule has 0 rings (SSSR count). The molecular weight excluding hydrogens is 300 g/mol.